The molecule has 0 saturated carbocycles. The third-order valence-corrected chi connectivity index (χ3v) is 3.71. The molecule has 5 heteroatoms. The quantitative estimate of drug-likeness (QED) is 0.917. The van der Waals surface area contributed by atoms with Gasteiger partial charge >= 0.3 is 5.97 Å². The summed E-state index contributed by atoms with van der Waals surface area (Å²) in [7, 11) is 1.72. The summed E-state index contributed by atoms with van der Waals surface area (Å²) < 4.78 is 5.41. The Hall–Kier alpha value is -1.62. The summed E-state index contributed by atoms with van der Waals surface area (Å²) in [6, 6.07) is 3.32. The van der Waals surface area contributed by atoms with Gasteiger partial charge in [-0.15, -0.1) is 0 Å². The highest BCUT2D eigenvalue weighted by atomic mass is 16.5. The van der Waals surface area contributed by atoms with Gasteiger partial charge in [-0.1, -0.05) is 13.8 Å². The number of pyridine rings is 1. The van der Waals surface area contributed by atoms with Gasteiger partial charge in [0.1, 0.15) is 5.82 Å². The molecule has 110 valence electrons. The van der Waals surface area contributed by atoms with E-state index >= 15 is 0 Å². The van der Waals surface area contributed by atoms with Gasteiger partial charge in [0.2, 0.25) is 0 Å². The molecule has 1 aromatic heterocycles. The molecule has 0 amide bonds. The van der Waals surface area contributed by atoms with Crippen molar-refractivity contribution in [1.82, 2.24) is 4.98 Å². The van der Waals surface area contributed by atoms with Gasteiger partial charge in [-0.2, -0.15) is 0 Å². The van der Waals surface area contributed by atoms with E-state index in [0.29, 0.717) is 5.56 Å². The van der Waals surface area contributed by atoms with Crippen molar-refractivity contribution in [1.29, 1.82) is 0 Å². The first-order valence-corrected chi connectivity index (χ1v) is 7.04. The number of hydrogen-bond acceptors (Lipinski definition) is 4. The summed E-state index contributed by atoms with van der Waals surface area (Å²) in [4.78, 5) is 18.0. The zero-order valence-corrected chi connectivity index (χ0v) is 12.3. The third kappa shape index (κ3) is 3.28. The van der Waals surface area contributed by atoms with Gasteiger partial charge in [-0.25, -0.2) is 9.78 Å². The van der Waals surface area contributed by atoms with E-state index in [1.165, 1.54) is 0 Å². The maximum Gasteiger partial charge on any atom is 0.335 e. The summed E-state index contributed by atoms with van der Waals surface area (Å²) >= 11 is 0. The molecule has 1 unspecified atom stereocenters. The Morgan fingerprint density at radius 1 is 1.50 bits per heavy atom. The molecule has 0 aliphatic carbocycles. The number of ether oxygens (including phenoxy) is 1. The van der Waals surface area contributed by atoms with E-state index in [0.717, 1.165) is 37.4 Å². The fourth-order valence-electron chi connectivity index (χ4n) is 2.46. The van der Waals surface area contributed by atoms with Crippen molar-refractivity contribution in [2.24, 2.45) is 0 Å². The van der Waals surface area contributed by atoms with Crippen LogP contribution in [0.5, 0.6) is 0 Å². The topological polar surface area (TPSA) is 62.7 Å². The Morgan fingerprint density at radius 3 is 2.85 bits per heavy atom. The molecule has 1 fully saturated rings. The zero-order valence-electron chi connectivity index (χ0n) is 12.3. The molecular weight excluding hydrogens is 256 g/mol. The minimum Gasteiger partial charge on any atom is -0.478 e. The summed E-state index contributed by atoms with van der Waals surface area (Å²) in [5.74, 6) is 0.0438. The maximum absolute atomic E-state index is 11.3. The number of methoxy groups -OCH3 is 1. The van der Waals surface area contributed by atoms with Crippen LogP contribution in [0.25, 0.3) is 0 Å². The number of aromatic carboxylic acids is 1. The van der Waals surface area contributed by atoms with Crippen molar-refractivity contribution >= 4 is 11.8 Å². The lowest BCUT2D eigenvalue weighted by Crippen LogP contribution is -2.39. The molecule has 5 nitrogen and oxygen atoms in total. The van der Waals surface area contributed by atoms with Crippen LogP contribution in [0, 0.1) is 0 Å². The fraction of sp³-hybridized carbons (Fsp3) is 0.600. The van der Waals surface area contributed by atoms with E-state index in [-0.39, 0.29) is 12.0 Å². The molecule has 1 N–H and O–H groups in total. The van der Waals surface area contributed by atoms with Gasteiger partial charge in [0.25, 0.3) is 0 Å². The van der Waals surface area contributed by atoms with Crippen LogP contribution in [0.3, 0.4) is 0 Å². The minimum absolute atomic E-state index is 0.196. The van der Waals surface area contributed by atoms with E-state index in [1.54, 1.807) is 19.2 Å². The van der Waals surface area contributed by atoms with Crippen LogP contribution in [0.2, 0.25) is 0 Å². The first kappa shape index (κ1) is 14.8. The Balaban J connectivity index is 2.32. The molecule has 1 aliphatic heterocycles. The molecule has 1 aromatic rings. The monoisotopic (exact) mass is 278 g/mol. The molecule has 2 rings (SSSR count). The number of piperidine rings is 1. The third-order valence-electron chi connectivity index (χ3n) is 3.71. The lowest BCUT2D eigenvalue weighted by Gasteiger charge is -2.33. The number of anilines is 1. The highest BCUT2D eigenvalue weighted by molar-refractivity contribution is 5.88. The van der Waals surface area contributed by atoms with Crippen LogP contribution in [0.4, 0.5) is 5.82 Å². The first-order valence-electron chi connectivity index (χ1n) is 7.04. The summed E-state index contributed by atoms with van der Waals surface area (Å²) in [6.45, 7) is 5.70. The van der Waals surface area contributed by atoms with E-state index in [4.69, 9.17) is 4.74 Å². The molecule has 0 bridgehead atoms. The van der Waals surface area contributed by atoms with Gasteiger partial charge < -0.3 is 14.7 Å². The highest BCUT2D eigenvalue weighted by Crippen LogP contribution is 2.24. The van der Waals surface area contributed by atoms with Crippen molar-refractivity contribution in [3.8, 4) is 0 Å². The predicted molar refractivity (Wildman–Crippen MR) is 77.5 cm³/mol. The first-order chi connectivity index (χ1) is 9.51. The lowest BCUT2D eigenvalue weighted by atomic mass is 10.1. The minimum atomic E-state index is -0.907. The second-order valence-corrected chi connectivity index (χ2v) is 5.54. The normalized spacial score (nSPS) is 19.4. The Labute approximate surface area is 119 Å². The highest BCUT2D eigenvalue weighted by Gasteiger charge is 2.22. The molecule has 1 saturated heterocycles. The second-order valence-electron chi connectivity index (χ2n) is 5.54. The molecular formula is C15H22N2O3. The molecule has 0 aromatic carbocycles. The number of nitrogens with zero attached hydrogens (tertiary/aromatic N) is 2. The van der Waals surface area contributed by atoms with Crippen molar-refractivity contribution in [3.63, 3.8) is 0 Å². The predicted octanol–water partition coefficient (Wildman–Crippen LogP) is 2.52. The van der Waals surface area contributed by atoms with Crippen LogP contribution >= 0.6 is 0 Å². The van der Waals surface area contributed by atoms with Gasteiger partial charge in [0, 0.05) is 25.9 Å². The number of rotatable bonds is 4. The number of hydrogen-bond donors (Lipinski definition) is 1. The second kappa shape index (κ2) is 6.22. The fourth-order valence-corrected chi connectivity index (χ4v) is 2.46. The molecule has 2 heterocycles. The smallest absolute Gasteiger partial charge is 0.335 e. The Morgan fingerprint density at radius 2 is 2.25 bits per heavy atom. The zero-order chi connectivity index (χ0) is 14.7. The molecule has 0 spiro atoms. The van der Waals surface area contributed by atoms with Crippen LogP contribution < -0.4 is 4.90 Å². The number of carboxylic acid groups (broad SMARTS) is 1. The molecule has 1 aliphatic rings. The average molecular weight is 278 g/mol. The largest absolute Gasteiger partial charge is 0.478 e. The van der Waals surface area contributed by atoms with Crippen molar-refractivity contribution < 1.29 is 14.6 Å². The van der Waals surface area contributed by atoms with Gasteiger partial charge in [0.15, 0.2) is 0 Å². The molecule has 0 radical (unpaired) electrons. The van der Waals surface area contributed by atoms with Gasteiger partial charge in [-0.05, 0) is 30.9 Å². The van der Waals surface area contributed by atoms with Crippen LogP contribution in [-0.2, 0) is 4.74 Å². The van der Waals surface area contributed by atoms with E-state index in [2.05, 4.69) is 9.88 Å². The summed E-state index contributed by atoms with van der Waals surface area (Å²) in [5.41, 5.74) is 1.12. The van der Waals surface area contributed by atoms with Crippen molar-refractivity contribution in [3.05, 3.63) is 23.4 Å². The SMILES string of the molecule is COC1CCCN(c2cc(C(=O)O)cc(C(C)C)n2)C1. The Bertz CT molecular complexity index is 488. The van der Waals surface area contributed by atoms with Gasteiger partial charge in [-0.3, -0.25) is 0 Å². The standard InChI is InChI=1S/C15H22N2O3/c1-10(2)13-7-11(15(18)19)8-14(16-13)17-6-4-5-12(9-17)20-3/h7-8,10,12H,4-6,9H2,1-3H3,(H,18,19). The molecule has 20 heavy (non-hydrogen) atoms. The molecule has 1 atom stereocenters. The van der Waals surface area contributed by atoms with Crippen molar-refractivity contribution in [2.75, 3.05) is 25.1 Å². The summed E-state index contributed by atoms with van der Waals surface area (Å²) in [5, 5.41) is 9.24. The van der Waals surface area contributed by atoms with Gasteiger partial charge in [0.05, 0.1) is 11.7 Å². The van der Waals surface area contributed by atoms with E-state index in [1.807, 2.05) is 13.8 Å². The Kier molecular flexibility index (Phi) is 4.60. The summed E-state index contributed by atoms with van der Waals surface area (Å²) in [6.07, 6.45) is 2.28. The average Bonchev–Trinajstić information content (AvgIpc) is 2.46. The van der Waals surface area contributed by atoms with E-state index < -0.39 is 5.97 Å². The van der Waals surface area contributed by atoms with Crippen LogP contribution in [0.1, 0.15) is 48.7 Å². The maximum atomic E-state index is 11.3. The lowest BCUT2D eigenvalue weighted by molar-refractivity contribution is 0.0696. The number of carboxylic acids is 1. The number of carbonyl (C=O) groups is 1. The van der Waals surface area contributed by atoms with Crippen LogP contribution in [0.15, 0.2) is 12.1 Å². The van der Waals surface area contributed by atoms with Crippen LogP contribution in [-0.4, -0.2) is 42.4 Å². The number of aromatic nitrogens is 1. The van der Waals surface area contributed by atoms with E-state index in [9.17, 15) is 9.90 Å². The van der Waals surface area contributed by atoms with Crippen molar-refractivity contribution in [2.45, 2.75) is 38.7 Å².